The molecule has 250 valence electrons. The quantitative estimate of drug-likeness (QED) is 0.306. The lowest BCUT2D eigenvalue weighted by Crippen LogP contribution is -2.63. The second kappa shape index (κ2) is 11.5. The van der Waals surface area contributed by atoms with E-state index in [0.717, 1.165) is 63.4 Å². The van der Waals surface area contributed by atoms with Gasteiger partial charge in [0, 0.05) is 11.5 Å². The zero-order valence-corrected chi connectivity index (χ0v) is 26.9. The fourth-order valence-corrected chi connectivity index (χ4v) is 10.8. The van der Waals surface area contributed by atoms with E-state index in [1.165, 1.54) is 12.2 Å². The van der Waals surface area contributed by atoms with E-state index in [0.29, 0.717) is 18.4 Å². The van der Waals surface area contributed by atoms with Crippen LogP contribution in [-0.2, 0) is 33.3 Å². The molecule has 0 radical (unpaired) electrons. The zero-order valence-electron chi connectivity index (χ0n) is 26.9. The topological polar surface area (TPSA) is 141 Å². The van der Waals surface area contributed by atoms with Crippen LogP contribution in [0.15, 0.2) is 23.8 Å². The van der Waals surface area contributed by atoms with Gasteiger partial charge in [0.25, 0.3) is 0 Å². The van der Waals surface area contributed by atoms with E-state index in [4.69, 9.17) is 23.7 Å². The van der Waals surface area contributed by atoms with Gasteiger partial charge in [-0.15, -0.1) is 0 Å². The molecule has 10 nitrogen and oxygen atoms in total. The number of ether oxygens (including phenoxy) is 5. The van der Waals surface area contributed by atoms with Gasteiger partial charge in [-0.1, -0.05) is 13.8 Å². The molecule has 7 aliphatic rings. The molecule has 15 atom stereocenters. The summed E-state index contributed by atoms with van der Waals surface area (Å²) in [4.78, 5) is 23.7. The van der Waals surface area contributed by atoms with Crippen molar-refractivity contribution in [3.8, 4) is 0 Å². The predicted octanol–water partition coefficient (Wildman–Crippen LogP) is 3.35. The maximum atomic E-state index is 12.5. The fraction of sp³-hybridized carbons (Fsp3) is 0.829. The Labute approximate surface area is 265 Å². The highest BCUT2D eigenvalue weighted by molar-refractivity contribution is 5.93. The summed E-state index contributed by atoms with van der Waals surface area (Å²) in [6.07, 6.45) is 6.34. The molecule has 10 heteroatoms. The molecule has 5 fully saturated rings. The molecule has 1 saturated heterocycles. The van der Waals surface area contributed by atoms with Gasteiger partial charge in [-0.3, -0.25) is 4.79 Å². The average molecular weight is 631 g/mol. The van der Waals surface area contributed by atoms with Crippen molar-refractivity contribution in [2.45, 2.75) is 140 Å². The van der Waals surface area contributed by atoms with Gasteiger partial charge in [-0.25, -0.2) is 4.79 Å². The smallest absolute Gasteiger partial charge is 0.331 e. The van der Waals surface area contributed by atoms with Gasteiger partial charge in [0.2, 0.25) is 0 Å². The third-order valence-electron chi connectivity index (χ3n) is 13.5. The second-order valence-electron chi connectivity index (χ2n) is 15.5. The van der Waals surface area contributed by atoms with E-state index in [-0.39, 0.29) is 40.5 Å². The number of aliphatic hydroxyl groups excluding tert-OH is 2. The van der Waals surface area contributed by atoms with Gasteiger partial charge >= 0.3 is 5.97 Å². The Balaban J connectivity index is 1.01. The Kier molecular flexibility index (Phi) is 8.15. The summed E-state index contributed by atoms with van der Waals surface area (Å²) in [5.41, 5.74) is 0.146. The monoisotopic (exact) mass is 630 g/mol. The summed E-state index contributed by atoms with van der Waals surface area (Å²) in [6, 6.07) is 0. The first kappa shape index (κ1) is 31.9. The van der Waals surface area contributed by atoms with E-state index < -0.39 is 48.7 Å². The highest BCUT2D eigenvalue weighted by Crippen LogP contribution is 2.70. The van der Waals surface area contributed by atoms with Crippen molar-refractivity contribution in [2.24, 2.45) is 34.5 Å². The summed E-state index contributed by atoms with van der Waals surface area (Å²) in [6.45, 7) is 8.41. The third kappa shape index (κ3) is 5.09. The van der Waals surface area contributed by atoms with Gasteiger partial charge in [0.05, 0.1) is 17.8 Å². The molecule has 7 rings (SSSR count). The highest BCUT2D eigenvalue weighted by atomic mass is 16.7. The van der Waals surface area contributed by atoms with Crippen molar-refractivity contribution in [3.63, 3.8) is 0 Å². The molecule has 4 saturated carbocycles. The Bertz CT molecular complexity index is 1250. The molecule has 3 heterocycles. The van der Waals surface area contributed by atoms with Gasteiger partial charge in [0.1, 0.15) is 31.0 Å². The second-order valence-corrected chi connectivity index (χ2v) is 15.5. The molecule has 0 amide bonds. The molecule has 4 aliphatic carbocycles. The lowest BCUT2D eigenvalue weighted by atomic mass is 9.43. The summed E-state index contributed by atoms with van der Waals surface area (Å²) in [5, 5.41) is 34.6. The van der Waals surface area contributed by atoms with Crippen LogP contribution in [0.4, 0.5) is 0 Å². The maximum Gasteiger partial charge on any atom is 0.331 e. The zero-order chi connectivity index (χ0) is 31.9. The van der Waals surface area contributed by atoms with Crippen molar-refractivity contribution in [1.29, 1.82) is 0 Å². The van der Waals surface area contributed by atoms with Crippen LogP contribution in [0, 0.1) is 34.5 Å². The number of esters is 1. The van der Waals surface area contributed by atoms with Crippen LogP contribution in [0.1, 0.15) is 85.5 Å². The Morgan fingerprint density at radius 1 is 0.911 bits per heavy atom. The van der Waals surface area contributed by atoms with Crippen LogP contribution in [0.25, 0.3) is 0 Å². The molecule has 45 heavy (non-hydrogen) atoms. The van der Waals surface area contributed by atoms with E-state index in [1.807, 2.05) is 0 Å². The normalized spacial score (nSPS) is 52.9. The largest absolute Gasteiger partial charge is 0.458 e. The number of aliphatic hydroxyl groups is 3. The molecule has 0 spiro atoms. The van der Waals surface area contributed by atoms with Gasteiger partial charge < -0.3 is 39.0 Å². The molecule has 0 aromatic heterocycles. The number of fused-ring (bicyclic) bond motifs is 5. The minimum Gasteiger partial charge on any atom is -0.458 e. The van der Waals surface area contributed by atoms with E-state index in [9.17, 15) is 24.9 Å². The number of hydrogen-bond acceptors (Lipinski definition) is 10. The Morgan fingerprint density at radius 2 is 1.71 bits per heavy atom. The standard InChI is InChI=1S/C35H50O10/c1-18-26(36)7-8-28(42-18)45-31-29(38)19(2)43-32(30(31)39)44-22-9-12-33(3)21(16-22)5-6-25-24(33)10-13-34(4)23(11-14-35(25,34)40)20-15-27(37)41-17-20/h7-8,15,18-19,21-25,28-32,38-40H,5-6,9-14,16-17H2,1-4H3/t18?,19?,21-,22+,23-,24?,25?,28?,29+,30+,31+,32?,33?,34?,35+/m1/s1. The van der Waals surface area contributed by atoms with E-state index >= 15 is 0 Å². The molecule has 0 bridgehead atoms. The number of rotatable bonds is 5. The molecule has 8 unspecified atom stereocenters. The maximum absolute atomic E-state index is 12.5. The predicted molar refractivity (Wildman–Crippen MR) is 160 cm³/mol. The van der Waals surface area contributed by atoms with Crippen LogP contribution in [0.3, 0.4) is 0 Å². The van der Waals surface area contributed by atoms with Crippen molar-refractivity contribution < 1.29 is 48.6 Å². The number of hydrogen-bond donors (Lipinski definition) is 3. The first-order valence-corrected chi connectivity index (χ1v) is 17.1. The molecule has 0 aromatic rings. The van der Waals surface area contributed by atoms with Crippen molar-refractivity contribution in [2.75, 3.05) is 6.61 Å². The molecule has 3 aliphatic heterocycles. The first-order valence-electron chi connectivity index (χ1n) is 17.1. The number of ketones is 1. The summed E-state index contributed by atoms with van der Waals surface area (Å²) in [5.74, 6) is 0.859. The van der Waals surface area contributed by atoms with E-state index in [2.05, 4.69) is 13.8 Å². The fourth-order valence-electron chi connectivity index (χ4n) is 10.8. The molecular weight excluding hydrogens is 580 g/mol. The average Bonchev–Trinajstić information content (AvgIpc) is 3.55. The summed E-state index contributed by atoms with van der Waals surface area (Å²) in [7, 11) is 0. The molecular formula is C35H50O10. The van der Waals surface area contributed by atoms with Gasteiger partial charge in [0.15, 0.2) is 18.4 Å². The van der Waals surface area contributed by atoms with Crippen LogP contribution < -0.4 is 0 Å². The van der Waals surface area contributed by atoms with Gasteiger partial charge in [-0.2, -0.15) is 0 Å². The third-order valence-corrected chi connectivity index (χ3v) is 13.5. The van der Waals surface area contributed by atoms with Crippen LogP contribution in [0.2, 0.25) is 0 Å². The van der Waals surface area contributed by atoms with Gasteiger partial charge in [-0.05, 0) is 118 Å². The number of carbonyl (C=O) groups excluding carboxylic acids is 2. The van der Waals surface area contributed by atoms with Crippen LogP contribution in [-0.4, -0.2) is 88.5 Å². The van der Waals surface area contributed by atoms with Crippen molar-refractivity contribution in [1.82, 2.24) is 0 Å². The Hall–Kier alpha value is -1.66. The lowest BCUT2D eigenvalue weighted by Gasteiger charge is -2.64. The molecule has 3 N–H and O–H groups in total. The summed E-state index contributed by atoms with van der Waals surface area (Å²) >= 11 is 0. The Morgan fingerprint density at radius 3 is 2.44 bits per heavy atom. The first-order chi connectivity index (χ1) is 21.3. The number of carbonyl (C=O) groups is 2. The molecule has 0 aromatic carbocycles. The SMILES string of the molecule is CC1OC(O[C@@H]2[C@H](O)C(O[C@H]3CCC4(C)C5CCC6(C)[C@@H](C7=CC(=O)OC7)CC[C@]6(O)C5CC[C@@H]4C3)OC(C)[C@@H]2O)C=CC1=O. The van der Waals surface area contributed by atoms with Crippen LogP contribution >= 0.6 is 0 Å². The minimum atomic E-state index is -1.23. The highest BCUT2D eigenvalue weighted by Gasteiger charge is 2.67. The minimum absolute atomic E-state index is 0.0869. The van der Waals surface area contributed by atoms with Crippen molar-refractivity contribution >= 4 is 11.8 Å². The van der Waals surface area contributed by atoms with Crippen molar-refractivity contribution in [3.05, 3.63) is 23.8 Å². The summed E-state index contributed by atoms with van der Waals surface area (Å²) < 4.78 is 29.3. The number of cyclic esters (lactones) is 1. The lowest BCUT2D eigenvalue weighted by molar-refractivity contribution is -0.330. The van der Waals surface area contributed by atoms with E-state index in [1.54, 1.807) is 19.9 Å². The van der Waals surface area contributed by atoms with Crippen LogP contribution in [0.5, 0.6) is 0 Å².